The molecule has 0 saturated carbocycles. The molecule has 0 bridgehead atoms. The fraction of sp³-hybridized carbons (Fsp3) is 0.712. The smallest absolute Gasteiger partial charge is 0.210 e. The van der Waals surface area contributed by atoms with E-state index in [2.05, 4.69) is 38.4 Å². The minimum Gasteiger partial charge on any atom is -0.612 e. The number of rotatable bonds is 27. The van der Waals surface area contributed by atoms with Crippen LogP contribution in [0.25, 0.3) is 10.9 Å². The summed E-state index contributed by atoms with van der Waals surface area (Å²) in [5.41, 5.74) is 1.40. The monoisotopic (exact) mass is 906 g/mol. The van der Waals surface area contributed by atoms with E-state index < -0.39 is 21.0 Å². The molecule has 4 heterocycles. The van der Waals surface area contributed by atoms with Crippen LogP contribution in [0, 0.1) is 0 Å². The third kappa shape index (κ3) is 15.1. The third-order valence-electron chi connectivity index (χ3n) is 14.5. The van der Waals surface area contributed by atoms with Crippen LogP contribution in [-0.2, 0) is 21.0 Å². The molecule has 3 fully saturated rings. The molecule has 1 aromatic heterocycles. The molecule has 9 nitrogen and oxygen atoms in total. The number of aromatic nitrogens is 1. The number of anilines is 1. The Morgan fingerprint density at radius 2 is 1.14 bits per heavy atom. The van der Waals surface area contributed by atoms with Crippen molar-refractivity contribution in [3.05, 3.63) is 48.7 Å². The fourth-order valence-electron chi connectivity index (χ4n) is 10.4. The minimum atomic E-state index is -3.93. The van der Waals surface area contributed by atoms with E-state index >= 15 is 0 Å². The lowest BCUT2D eigenvalue weighted by molar-refractivity contribution is 0.0384. The first-order valence-corrected chi connectivity index (χ1v) is 28.5. The van der Waals surface area contributed by atoms with Gasteiger partial charge in [-0.1, -0.05) is 123 Å². The molecular weight excluding hydrogens is 823 g/mol. The molecule has 2 aromatic carbocycles. The summed E-state index contributed by atoms with van der Waals surface area (Å²) in [6.45, 7) is 14.8. The number of unbranched alkanes of at least 4 members (excludes halogenated alkanes) is 17. The number of likely N-dealkylation sites (tertiary alicyclic amines) is 1. The Morgan fingerprint density at radius 1 is 0.651 bits per heavy atom. The summed E-state index contributed by atoms with van der Waals surface area (Å²) in [5.74, 6) is 0.692. The van der Waals surface area contributed by atoms with Crippen molar-refractivity contribution >= 4 is 37.6 Å². The number of ether oxygens (including phenoxy) is 1. The van der Waals surface area contributed by atoms with Gasteiger partial charge in [-0.15, -0.1) is 0 Å². The first-order chi connectivity index (χ1) is 30.8. The third-order valence-corrected chi connectivity index (χ3v) is 17.2. The Hall–Kier alpha value is -2.41. The molecule has 1 unspecified atom stereocenters. The van der Waals surface area contributed by atoms with Gasteiger partial charge in [-0.3, -0.25) is 14.8 Å². The van der Waals surface area contributed by atoms with Crippen molar-refractivity contribution in [1.82, 2.24) is 19.7 Å². The molecule has 0 N–H and O–H groups in total. The van der Waals surface area contributed by atoms with Crippen molar-refractivity contribution in [1.29, 1.82) is 0 Å². The predicted octanol–water partition coefficient (Wildman–Crippen LogP) is 11.3. The molecular formula is C52H83N5O4S2. The predicted molar refractivity (Wildman–Crippen MR) is 264 cm³/mol. The van der Waals surface area contributed by atoms with Gasteiger partial charge in [0.1, 0.15) is 16.9 Å². The SMILES string of the molecule is CCCCCCCCCCCCCCCCCCCCOc1ccc(S(=O)(=O)c2cnc3ccc([S+](C)[O-])cc3c2N2CCC(N3CCN(C4CCN(CC)CC4)CC3)CC2)cc1. The van der Waals surface area contributed by atoms with E-state index in [1.165, 1.54) is 135 Å². The molecule has 352 valence electrons. The van der Waals surface area contributed by atoms with Gasteiger partial charge in [0.25, 0.3) is 0 Å². The highest BCUT2D eigenvalue weighted by atomic mass is 32.2. The van der Waals surface area contributed by atoms with Crippen LogP contribution in [0.2, 0.25) is 0 Å². The lowest BCUT2D eigenvalue weighted by atomic mass is 9.99. The number of sulfone groups is 1. The highest BCUT2D eigenvalue weighted by Gasteiger charge is 2.34. The summed E-state index contributed by atoms with van der Waals surface area (Å²) in [6, 6.07) is 13.7. The summed E-state index contributed by atoms with van der Waals surface area (Å²) in [6.07, 6.45) is 32.0. The van der Waals surface area contributed by atoms with Crippen LogP contribution in [0.3, 0.4) is 0 Å². The average molecular weight is 906 g/mol. The van der Waals surface area contributed by atoms with E-state index in [-0.39, 0.29) is 9.79 Å². The van der Waals surface area contributed by atoms with E-state index in [0.717, 1.165) is 76.9 Å². The van der Waals surface area contributed by atoms with Crippen LogP contribution in [-0.4, -0.2) is 117 Å². The van der Waals surface area contributed by atoms with Crippen molar-refractivity contribution < 1.29 is 17.7 Å². The summed E-state index contributed by atoms with van der Waals surface area (Å²) < 4.78 is 47.8. The van der Waals surface area contributed by atoms with E-state index in [4.69, 9.17) is 4.74 Å². The number of hydrogen-bond acceptors (Lipinski definition) is 9. The second kappa shape index (κ2) is 26.7. The Balaban J connectivity index is 0.948. The van der Waals surface area contributed by atoms with Gasteiger partial charge in [-0.2, -0.15) is 0 Å². The van der Waals surface area contributed by atoms with Gasteiger partial charge in [0.05, 0.1) is 22.7 Å². The first kappa shape index (κ1) is 50.0. The van der Waals surface area contributed by atoms with Crippen LogP contribution >= 0.6 is 0 Å². The molecule has 6 rings (SSSR count). The number of nitrogens with zero attached hydrogens (tertiary/aromatic N) is 5. The molecule has 3 aliphatic rings. The fourth-order valence-corrected chi connectivity index (χ4v) is 12.4. The highest BCUT2D eigenvalue weighted by Crippen LogP contribution is 2.39. The van der Waals surface area contributed by atoms with Gasteiger partial charge >= 0.3 is 0 Å². The largest absolute Gasteiger partial charge is 0.612 e. The molecule has 0 aliphatic carbocycles. The number of piperazine rings is 1. The topological polar surface area (TPSA) is 92.3 Å². The van der Waals surface area contributed by atoms with E-state index in [9.17, 15) is 13.0 Å². The molecule has 0 radical (unpaired) electrons. The average Bonchev–Trinajstić information content (AvgIpc) is 3.32. The lowest BCUT2D eigenvalue weighted by Gasteiger charge is -2.46. The molecule has 0 amide bonds. The van der Waals surface area contributed by atoms with Crippen LogP contribution in [0.1, 0.15) is 155 Å². The van der Waals surface area contributed by atoms with Crippen LogP contribution in [0.4, 0.5) is 5.69 Å². The maximum absolute atomic E-state index is 14.5. The highest BCUT2D eigenvalue weighted by molar-refractivity contribution is 7.91. The zero-order valence-electron chi connectivity index (χ0n) is 39.6. The van der Waals surface area contributed by atoms with Crippen molar-refractivity contribution in [2.24, 2.45) is 0 Å². The summed E-state index contributed by atoms with van der Waals surface area (Å²) in [5, 5.41) is 0.745. The van der Waals surface area contributed by atoms with Gasteiger partial charge in [0.2, 0.25) is 9.84 Å². The zero-order chi connectivity index (χ0) is 44.3. The van der Waals surface area contributed by atoms with Crippen molar-refractivity contribution in [3.8, 4) is 5.75 Å². The Bertz CT molecular complexity index is 1850. The van der Waals surface area contributed by atoms with Crippen LogP contribution in [0.15, 0.2) is 63.3 Å². The maximum Gasteiger partial charge on any atom is 0.210 e. The number of pyridine rings is 1. The molecule has 11 heteroatoms. The summed E-state index contributed by atoms with van der Waals surface area (Å²) in [4.78, 5) is 16.0. The normalized spacial score (nSPS) is 18.4. The minimum absolute atomic E-state index is 0.211. The van der Waals surface area contributed by atoms with E-state index in [0.29, 0.717) is 40.5 Å². The Morgan fingerprint density at radius 3 is 1.63 bits per heavy atom. The van der Waals surface area contributed by atoms with Crippen molar-refractivity contribution in [2.45, 2.75) is 182 Å². The van der Waals surface area contributed by atoms with Gasteiger partial charge in [-0.05, 0) is 99.3 Å². The standard InChI is InChI=1S/C52H83N5O4S2/c1-4-6-7-8-9-10-11-12-13-14-15-16-17-18-19-20-21-22-41-61-46-23-26-48(27-24-46)63(59,60)51-43-53-50-28-25-47(62(3)58)42-49(50)52(51)57-35-31-45(32-36-57)56-39-37-55(38-40-56)44-29-33-54(5-2)34-30-44/h23-28,42-45H,4-22,29-41H2,1-3H3. The zero-order valence-corrected chi connectivity index (χ0v) is 41.2. The first-order valence-electron chi connectivity index (χ1n) is 25.5. The van der Waals surface area contributed by atoms with E-state index in [1.54, 1.807) is 30.5 Å². The number of hydrogen-bond donors (Lipinski definition) is 0. The molecule has 3 aliphatic heterocycles. The molecule has 3 saturated heterocycles. The Labute approximate surface area is 386 Å². The van der Waals surface area contributed by atoms with Gasteiger partial charge in [0.15, 0.2) is 4.90 Å². The lowest BCUT2D eigenvalue weighted by Crippen LogP contribution is -2.56. The summed E-state index contributed by atoms with van der Waals surface area (Å²) in [7, 11) is -3.93. The Kier molecular flexibility index (Phi) is 21.2. The van der Waals surface area contributed by atoms with Gasteiger partial charge in [-0.25, -0.2) is 8.42 Å². The number of piperidine rings is 2. The van der Waals surface area contributed by atoms with Crippen molar-refractivity contribution in [3.63, 3.8) is 0 Å². The van der Waals surface area contributed by atoms with Crippen molar-refractivity contribution in [2.75, 3.05) is 76.7 Å². The van der Waals surface area contributed by atoms with Gasteiger partial charge < -0.3 is 19.1 Å². The molecule has 0 spiro atoms. The van der Waals surface area contributed by atoms with E-state index in [1.807, 2.05) is 18.2 Å². The maximum atomic E-state index is 14.5. The molecule has 63 heavy (non-hydrogen) atoms. The summed E-state index contributed by atoms with van der Waals surface area (Å²) >= 11 is -1.21. The second-order valence-corrected chi connectivity index (χ2v) is 22.2. The van der Waals surface area contributed by atoms with Crippen LogP contribution < -0.4 is 9.64 Å². The van der Waals surface area contributed by atoms with Gasteiger partial charge in [0, 0.05) is 69.0 Å². The van der Waals surface area contributed by atoms with Crippen LogP contribution in [0.5, 0.6) is 5.75 Å². The number of fused-ring (bicyclic) bond motifs is 1. The molecule has 1 atom stereocenters. The number of benzene rings is 2. The quantitative estimate of drug-likeness (QED) is 0.0548. The molecule has 3 aromatic rings. The second-order valence-electron chi connectivity index (χ2n) is 18.9.